The predicted molar refractivity (Wildman–Crippen MR) is 100 cm³/mol. The Bertz CT molecular complexity index is 826. The fraction of sp³-hybridized carbons (Fsp3) is 0.286. The van der Waals surface area contributed by atoms with E-state index in [-0.39, 0.29) is 5.82 Å². The number of ether oxygens (including phenoxy) is 1. The van der Waals surface area contributed by atoms with Gasteiger partial charge in [-0.1, -0.05) is 24.3 Å². The molecule has 2 rings (SSSR count). The van der Waals surface area contributed by atoms with Gasteiger partial charge in [-0.05, 0) is 74.7 Å². The molecule has 0 fully saturated rings. The van der Waals surface area contributed by atoms with E-state index in [0.29, 0.717) is 21.8 Å². The van der Waals surface area contributed by atoms with Crippen molar-refractivity contribution in [3.63, 3.8) is 0 Å². The molecule has 0 heterocycles. The van der Waals surface area contributed by atoms with Crippen molar-refractivity contribution in [3.8, 4) is 11.1 Å². The summed E-state index contributed by atoms with van der Waals surface area (Å²) in [5.41, 5.74) is 1.08. The number of carbonyl (C=O) groups excluding carboxylic acids is 1. The third-order valence-electron chi connectivity index (χ3n) is 3.63. The quantitative estimate of drug-likeness (QED) is 0.554. The first-order valence-electron chi connectivity index (χ1n) is 8.51. The summed E-state index contributed by atoms with van der Waals surface area (Å²) in [7, 11) is 0. The van der Waals surface area contributed by atoms with Crippen LogP contribution in [0.25, 0.3) is 17.2 Å². The van der Waals surface area contributed by atoms with Gasteiger partial charge in [0, 0.05) is 0 Å². The van der Waals surface area contributed by atoms with Crippen LogP contribution in [0.2, 0.25) is 0 Å². The van der Waals surface area contributed by atoms with E-state index >= 15 is 0 Å². The van der Waals surface area contributed by atoms with E-state index in [1.807, 2.05) is 0 Å². The molecule has 0 aliphatic heterocycles. The van der Waals surface area contributed by atoms with Crippen LogP contribution >= 0.6 is 0 Å². The maximum Gasteiger partial charge on any atom is 0.434 e. The van der Waals surface area contributed by atoms with E-state index in [4.69, 9.17) is 4.74 Å². The largest absolute Gasteiger partial charge is 0.442 e. The van der Waals surface area contributed by atoms with E-state index < -0.39 is 23.6 Å². The lowest BCUT2D eigenvalue weighted by atomic mass is 10.0. The van der Waals surface area contributed by atoms with Crippen molar-refractivity contribution in [2.45, 2.75) is 39.3 Å². The number of hydroxylamine groups is 2. The number of rotatable bonds is 4. The average molecular weight is 375 g/mol. The van der Waals surface area contributed by atoms with Gasteiger partial charge in [-0.25, -0.2) is 13.6 Å². The van der Waals surface area contributed by atoms with Gasteiger partial charge >= 0.3 is 6.09 Å². The topological polar surface area (TPSA) is 49.8 Å². The molecule has 0 saturated carbocycles. The second-order valence-corrected chi connectivity index (χ2v) is 7.20. The minimum atomic E-state index is -0.870. The van der Waals surface area contributed by atoms with E-state index in [2.05, 4.69) is 0 Å². The maximum absolute atomic E-state index is 13.9. The second-order valence-electron chi connectivity index (χ2n) is 7.20. The Hall–Kier alpha value is -2.73. The van der Waals surface area contributed by atoms with Crippen LogP contribution in [-0.4, -0.2) is 28.0 Å². The smallest absolute Gasteiger partial charge is 0.434 e. The number of halogens is 2. The number of carbonyl (C=O) groups is 1. The van der Waals surface area contributed by atoms with Crippen LogP contribution in [0.15, 0.2) is 48.5 Å². The Labute approximate surface area is 157 Å². The molecule has 0 aliphatic rings. The molecule has 0 aromatic heterocycles. The van der Waals surface area contributed by atoms with Gasteiger partial charge in [0.25, 0.3) is 0 Å². The van der Waals surface area contributed by atoms with Crippen LogP contribution in [0.4, 0.5) is 13.6 Å². The molecule has 1 N–H and O–H groups in total. The molecule has 2 aromatic carbocycles. The summed E-state index contributed by atoms with van der Waals surface area (Å²) in [6.07, 6.45) is 2.27. The standard InChI is InChI=1S/C21H23F2NO3/c1-14(24(26)20(25)27-21(2,3)4)5-6-15-11-17(13-19(23)12-15)16-7-9-18(22)10-8-16/h5-14,26H,1-4H3/t14-/m0/s1. The van der Waals surface area contributed by atoms with Gasteiger partial charge in [-0.2, -0.15) is 5.06 Å². The zero-order valence-corrected chi connectivity index (χ0v) is 15.7. The Morgan fingerprint density at radius 2 is 1.70 bits per heavy atom. The molecule has 0 aliphatic carbocycles. The highest BCUT2D eigenvalue weighted by Crippen LogP contribution is 2.23. The molecule has 0 spiro atoms. The average Bonchev–Trinajstić information content (AvgIpc) is 2.57. The lowest BCUT2D eigenvalue weighted by molar-refractivity contribution is -0.106. The van der Waals surface area contributed by atoms with E-state index in [1.165, 1.54) is 24.3 Å². The van der Waals surface area contributed by atoms with Crippen molar-refractivity contribution in [2.24, 2.45) is 0 Å². The van der Waals surface area contributed by atoms with Gasteiger partial charge in [-0.15, -0.1) is 0 Å². The van der Waals surface area contributed by atoms with Gasteiger partial charge in [0.1, 0.15) is 17.2 Å². The van der Waals surface area contributed by atoms with E-state index in [9.17, 15) is 18.8 Å². The SMILES string of the molecule is C[C@@H](C=Cc1cc(F)cc(-c2ccc(F)cc2)c1)N(O)C(=O)OC(C)(C)C. The van der Waals surface area contributed by atoms with Crippen molar-refractivity contribution >= 4 is 12.2 Å². The van der Waals surface area contributed by atoms with Crippen molar-refractivity contribution in [2.75, 3.05) is 0 Å². The molecular weight excluding hydrogens is 352 g/mol. The highest BCUT2D eigenvalue weighted by molar-refractivity contribution is 5.69. The number of nitrogens with zero attached hydrogens (tertiary/aromatic N) is 1. The molecule has 27 heavy (non-hydrogen) atoms. The van der Waals surface area contributed by atoms with Gasteiger partial charge in [0.05, 0.1) is 6.04 Å². The maximum atomic E-state index is 13.9. The molecule has 2 aromatic rings. The van der Waals surface area contributed by atoms with Gasteiger partial charge in [-0.3, -0.25) is 5.21 Å². The lowest BCUT2D eigenvalue weighted by Crippen LogP contribution is -2.39. The number of amides is 1. The Morgan fingerprint density at radius 3 is 2.30 bits per heavy atom. The first-order valence-corrected chi connectivity index (χ1v) is 8.51. The zero-order valence-electron chi connectivity index (χ0n) is 15.7. The van der Waals surface area contributed by atoms with Crippen LogP contribution in [0.3, 0.4) is 0 Å². The summed E-state index contributed by atoms with van der Waals surface area (Å²) in [4.78, 5) is 11.9. The Kier molecular flexibility index (Phi) is 6.33. The Morgan fingerprint density at radius 1 is 1.07 bits per heavy atom. The summed E-state index contributed by atoms with van der Waals surface area (Å²) in [6.45, 7) is 6.69. The van der Waals surface area contributed by atoms with Crippen LogP contribution in [0, 0.1) is 11.6 Å². The van der Waals surface area contributed by atoms with E-state index in [1.54, 1.807) is 58.0 Å². The normalized spacial score (nSPS) is 12.9. The third-order valence-corrected chi connectivity index (χ3v) is 3.63. The van der Waals surface area contributed by atoms with Crippen LogP contribution in [0.5, 0.6) is 0 Å². The Balaban J connectivity index is 2.16. The van der Waals surface area contributed by atoms with Gasteiger partial charge in [0.15, 0.2) is 0 Å². The third kappa shape index (κ3) is 6.18. The highest BCUT2D eigenvalue weighted by atomic mass is 19.1. The second kappa shape index (κ2) is 8.31. The summed E-state index contributed by atoms with van der Waals surface area (Å²) in [5, 5.41) is 10.4. The molecule has 1 atom stereocenters. The molecule has 0 radical (unpaired) electrons. The van der Waals surface area contributed by atoms with E-state index in [0.717, 1.165) is 0 Å². The highest BCUT2D eigenvalue weighted by Gasteiger charge is 2.23. The van der Waals surface area contributed by atoms with Gasteiger partial charge in [0.2, 0.25) is 0 Å². The summed E-state index contributed by atoms with van der Waals surface area (Å²) < 4.78 is 32.1. The summed E-state index contributed by atoms with van der Waals surface area (Å²) >= 11 is 0. The first-order chi connectivity index (χ1) is 12.5. The minimum absolute atomic E-state index is 0.366. The molecule has 0 bridgehead atoms. The monoisotopic (exact) mass is 375 g/mol. The molecule has 6 heteroatoms. The van der Waals surface area contributed by atoms with Crippen molar-refractivity contribution in [1.82, 2.24) is 5.06 Å². The molecule has 4 nitrogen and oxygen atoms in total. The van der Waals surface area contributed by atoms with Crippen molar-refractivity contribution in [3.05, 3.63) is 65.7 Å². The van der Waals surface area contributed by atoms with Crippen molar-refractivity contribution < 1.29 is 23.5 Å². The molecule has 0 unspecified atom stereocenters. The molecule has 144 valence electrons. The zero-order chi connectivity index (χ0) is 20.2. The molecule has 0 saturated heterocycles. The number of benzene rings is 2. The molecular formula is C21H23F2NO3. The fourth-order valence-electron chi connectivity index (χ4n) is 2.32. The van der Waals surface area contributed by atoms with Crippen LogP contribution < -0.4 is 0 Å². The predicted octanol–water partition coefficient (Wildman–Crippen LogP) is 5.66. The number of hydrogen-bond donors (Lipinski definition) is 1. The minimum Gasteiger partial charge on any atom is -0.442 e. The van der Waals surface area contributed by atoms with Gasteiger partial charge < -0.3 is 4.74 Å². The lowest BCUT2D eigenvalue weighted by Gasteiger charge is -2.25. The number of hydrogen-bond acceptors (Lipinski definition) is 3. The molecule has 1 amide bonds. The summed E-state index contributed by atoms with van der Waals surface area (Å²) in [6, 6.07) is 9.48. The first kappa shape index (κ1) is 20.6. The fourth-order valence-corrected chi connectivity index (χ4v) is 2.32. The van der Waals surface area contributed by atoms with Crippen LogP contribution in [-0.2, 0) is 4.74 Å². The van der Waals surface area contributed by atoms with Crippen molar-refractivity contribution in [1.29, 1.82) is 0 Å². The van der Waals surface area contributed by atoms with Crippen LogP contribution in [0.1, 0.15) is 33.3 Å². The summed E-state index contributed by atoms with van der Waals surface area (Å²) in [5.74, 6) is -0.814.